The third kappa shape index (κ3) is 4.07. The van der Waals surface area contributed by atoms with Gasteiger partial charge in [0.25, 0.3) is 0 Å². The monoisotopic (exact) mass is 284 g/mol. The van der Waals surface area contributed by atoms with Crippen LogP contribution in [0.15, 0.2) is 60.7 Å². The minimum Gasteiger partial charge on any atom is -0.294 e. The van der Waals surface area contributed by atoms with Gasteiger partial charge < -0.3 is 0 Å². The molecule has 0 amide bonds. The molecule has 2 aromatic carbocycles. The van der Waals surface area contributed by atoms with Crippen LogP contribution in [0, 0.1) is 5.92 Å². The molecule has 2 rings (SSSR count). The summed E-state index contributed by atoms with van der Waals surface area (Å²) >= 11 is 3.92. The highest BCUT2D eigenvalue weighted by molar-refractivity contribution is 7.96. The molecule has 2 aromatic rings. The molecule has 0 heterocycles. The summed E-state index contributed by atoms with van der Waals surface area (Å²) in [7, 11) is 0. The van der Waals surface area contributed by atoms with Crippen molar-refractivity contribution in [3.05, 3.63) is 71.8 Å². The zero-order valence-corrected chi connectivity index (χ0v) is 11.9. The number of carbonyl (C=O) groups is 2. The summed E-state index contributed by atoms with van der Waals surface area (Å²) < 4.78 is 0. The Morgan fingerprint density at radius 1 is 0.900 bits per heavy atom. The summed E-state index contributed by atoms with van der Waals surface area (Å²) in [5, 5.41) is -0.238. The summed E-state index contributed by atoms with van der Waals surface area (Å²) in [5.41, 5.74) is 1.68. The molecule has 20 heavy (non-hydrogen) atoms. The van der Waals surface area contributed by atoms with Crippen molar-refractivity contribution in [1.29, 1.82) is 0 Å². The average molecular weight is 284 g/mol. The molecule has 0 fully saturated rings. The normalized spacial score (nSPS) is 11.8. The quantitative estimate of drug-likeness (QED) is 0.650. The van der Waals surface area contributed by atoms with E-state index in [0.717, 1.165) is 5.56 Å². The van der Waals surface area contributed by atoms with Gasteiger partial charge in [0.15, 0.2) is 10.9 Å². The van der Waals surface area contributed by atoms with Crippen molar-refractivity contribution in [2.75, 3.05) is 0 Å². The van der Waals surface area contributed by atoms with Gasteiger partial charge in [0.1, 0.15) is 0 Å². The lowest BCUT2D eigenvalue weighted by molar-refractivity contribution is -0.114. The van der Waals surface area contributed by atoms with Crippen molar-refractivity contribution < 1.29 is 9.59 Å². The van der Waals surface area contributed by atoms with Crippen molar-refractivity contribution in [3.8, 4) is 0 Å². The smallest absolute Gasteiger partial charge is 0.189 e. The number of benzene rings is 2. The van der Waals surface area contributed by atoms with E-state index in [0.29, 0.717) is 12.0 Å². The molecule has 0 aromatic heterocycles. The van der Waals surface area contributed by atoms with Crippen LogP contribution in [0.5, 0.6) is 0 Å². The molecule has 0 N–H and O–H groups in total. The molecular weight excluding hydrogens is 268 g/mol. The molecule has 3 heteroatoms. The molecule has 0 aliphatic carbocycles. The van der Waals surface area contributed by atoms with Gasteiger partial charge in [0.05, 0.1) is 0 Å². The molecule has 0 saturated carbocycles. The van der Waals surface area contributed by atoms with E-state index in [2.05, 4.69) is 12.6 Å². The third-order valence-electron chi connectivity index (χ3n) is 3.20. The van der Waals surface area contributed by atoms with Crippen LogP contribution in [-0.4, -0.2) is 10.9 Å². The van der Waals surface area contributed by atoms with Crippen LogP contribution in [0.3, 0.4) is 0 Å². The molecule has 0 spiro atoms. The second-order valence-corrected chi connectivity index (χ2v) is 5.16. The van der Waals surface area contributed by atoms with Crippen LogP contribution >= 0.6 is 12.6 Å². The Bertz CT molecular complexity index is 578. The van der Waals surface area contributed by atoms with E-state index in [1.165, 1.54) is 0 Å². The first kappa shape index (κ1) is 14.5. The SMILES string of the molecule is O=C(CC(Cc1ccccc1)C(=O)S)c1ccccc1. The highest BCUT2D eigenvalue weighted by atomic mass is 32.1. The number of ketones is 1. The van der Waals surface area contributed by atoms with E-state index >= 15 is 0 Å². The summed E-state index contributed by atoms with van der Waals surface area (Å²) in [6.45, 7) is 0. The van der Waals surface area contributed by atoms with E-state index in [1.54, 1.807) is 12.1 Å². The molecule has 0 bridgehead atoms. The molecule has 1 unspecified atom stereocenters. The fourth-order valence-electron chi connectivity index (χ4n) is 2.11. The number of carbonyl (C=O) groups excluding carboxylic acids is 2. The predicted octanol–water partition coefficient (Wildman–Crippen LogP) is 3.57. The lowest BCUT2D eigenvalue weighted by Crippen LogP contribution is -2.17. The highest BCUT2D eigenvalue weighted by Crippen LogP contribution is 2.18. The number of thiol groups is 1. The lowest BCUT2D eigenvalue weighted by atomic mass is 9.93. The van der Waals surface area contributed by atoms with Crippen LogP contribution < -0.4 is 0 Å². The minimum absolute atomic E-state index is 0.0195. The zero-order chi connectivity index (χ0) is 14.4. The molecule has 0 aliphatic rings. The van der Waals surface area contributed by atoms with E-state index < -0.39 is 0 Å². The summed E-state index contributed by atoms with van der Waals surface area (Å²) in [5.74, 6) is -0.401. The Morgan fingerprint density at radius 2 is 1.45 bits per heavy atom. The van der Waals surface area contributed by atoms with Gasteiger partial charge in [0, 0.05) is 17.9 Å². The minimum atomic E-state index is -0.381. The van der Waals surface area contributed by atoms with Crippen LogP contribution in [-0.2, 0) is 11.2 Å². The Labute approximate surface area is 124 Å². The average Bonchev–Trinajstić information content (AvgIpc) is 2.48. The van der Waals surface area contributed by atoms with E-state index in [-0.39, 0.29) is 23.2 Å². The largest absolute Gasteiger partial charge is 0.294 e. The van der Waals surface area contributed by atoms with Crippen molar-refractivity contribution >= 4 is 23.5 Å². The Hall–Kier alpha value is -1.87. The Morgan fingerprint density at radius 3 is 2.00 bits per heavy atom. The van der Waals surface area contributed by atoms with Gasteiger partial charge in [-0.15, -0.1) is 12.6 Å². The van der Waals surface area contributed by atoms with E-state index in [1.807, 2.05) is 48.5 Å². The van der Waals surface area contributed by atoms with Crippen molar-refractivity contribution in [3.63, 3.8) is 0 Å². The van der Waals surface area contributed by atoms with Gasteiger partial charge in [-0.1, -0.05) is 60.7 Å². The first-order valence-corrected chi connectivity index (χ1v) is 6.96. The van der Waals surface area contributed by atoms with E-state index in [4.69, 9.17) is 0 Å². The van der Waals surface area contributed by atoms with Crippen molar-refractivity contribution in [2.24, 2.45) is 5.92 Å². The fourth-order valence-corrected chi connectivity index (χ4v) is 2.29. The number of rotatable bonds is 6. The second-order valence-electron chi connectivity index (χ2n) is 4.72. The maximum absolute atomic E-state index is 12.2. The highest BCUT2D eigenvalue weighted by Gasteiger charge is 2.20. The predicted molar refractivity (Wildman–Crippen MR) is 83.0 cm³/mol. The first-order chi connectivity index (χ1) is 9.66. The number of hydrogen-bond donors (Lipinski definition) is 1. The fraction of sp³-hybridized carbons (Fsp3) is 0.176. The number of Topliss-reactive ketones (excluding diaryl/α,β-unsaturated/α-hetero) is 1. The van der Waals surface area contributed by atoms with Gasteiger partial charge in [-0.25, -0.2) is 0 Å². The standard InChI is InChI=1S/C17H16O2S/c18-16(14-9-5-2-6-10-14)12-15(17(19)20)11-13-7-3-1-4-8-13/h1-10,15H,11-12H2,(H,19,20). The van der Waals surface area contributed by atoms with Crippen LogP contribution in [0.1, 0.15) is 22.3 Å². The summed E-state index contributed by atoms with van der Waals surface area (Å²) in [6, 6.07) is 18.7. The summed E-state index contributed by atoms with van der Waals surface area (Å²) in [4.78, 5) is 23.8. The Balaban J connectivity index is 2.07. The van der Waals surface area contributed by atoms with Crippen LogP contribution in [0.2, 0.25) is 0 Å². The van der Waals surface area contributed by atoms with Gasteiger partial charge in [-0.2, -0.15) is 0 Å². The van der Waals surface area contributed by atoms with Gasteiger partial charge >= 0.3 is 0 Å². The summed E-state index contributed by atoms with van der Waals surface area (Å²) in [6.07, 6.45) is 0.739. The molecule has 2 nitrogen and oxygen atoms in total. The van der Waals surface area contributed by atoms with Crippen molar-refractivity contribution in [1.82, 2.24) is 0 Å². The molecule has 0 radical (unpaired) electrons. The second kappa shape index (κ2) is 7.06. The van der Waals surface area contributed by atoms with E-state index in [9.17, 15) is 9.59 Å². The van der Waals surface area contributed by atoms with Gasteiger partial charge in [-0.05, 0) is 12.0 Å². The van der Waals surface area contributed by atoms with Gasteiger partial charge in [-0.3, -0.25) is 9.59 Å². The molecule has 102 valence electrons. The third-order valence-corrected chi connectivity index (χ3v) is 3.57. The maximum atomic E-state index is 12.2. The van der Waals surface area contributed by atoms with Crippen LogP contribution in [0.4, 0.5) is 0 Å². The van der Waals surface area contributed by atoms with Crippen LogP contribution in [0.25, 0.3) is 0 Å². The molecule has 0 saturated heterocycles. The topological polar surface area (TPSA) is 34.1 Å². The molecule has 1 atom stereocenters. The maximum Gasteiger partial charge on any atom is 0.189 e. The first-order valence-electron chi connectivity index (χ1n) is 6.52. The number of hydrogen-bond acceptors (Lipinski definition) is 2. The lowest BCUT2D eigenvalue weighted by Gasteiger charge is -2.12. The zero-order valence-electron chi connectivity index (χ0n) is 11.0. The molecule has 0 aliphatic heterocycles. The molecular formula is C17H16O2S. The van der Waals surface area contributed by atoms with Gasteiger partial charge in [0.2, 0.25) is 0 Å². The Kier molecular flexibility index (Phi) is 5.13. The van der Waals surface area contributed by atoms with Crippen molar-refractivity contribution in [2.45, 2.75) is 12.8 Å².